The molecule has 1 amide bonds. The molecule has 0 aromatic carbocycles. The molecule has 1 rings (SSSR count). The van der Waals surface area contributed by atoms with Crippen molar-refractivity contribution in [2.45, 2.75) is 372 Å². The minimum atomic E-state index is -1.62. The van der Waals surface area contributed by atoms with Crippen molar-refractivity contribution in [3.8, 4) is 0 Å². The maximum absolute atomic E-state index is 13.5. The van der Waals surface area contributed by atoms with Gasteiger partial charge in [-0.25, -0.2) is 0 Å². The van der Waals surface area contributed by atoms with Crippen molar-refractivity contribution in [2.24, 2.45) is 0 Å². The summed E-state index contributed by atoms with van der Waals surface area (Å²) in [6, 6.07) is -1.03. The molecule has 1 aliphatic heterocycles. The average Bonchev–Trinajstić information content (AvgIpc) is 3.50. The lowest BCUT2D eigenvalue weighted by atomic mass is 9.99. The quantitative estimate of drug-likeness (QED) is 0.0149. The van der Waals surface area contributed by atoms with E-state index in [0.717, 1.165) is 77.0 Å². The Morgan fingerprint density at radius 3 is 1.32 bits per heavy atom. The molecule has 11 heteroatoms. The predicted octanol–water partition coefficient (Wildman–Crippen LogP) is 17.2. The van der Waals surface area contributed by atoms with Crippen LogP contribution < -0.4 is 5.32 Å². The normalized spacial score (nSPS) is 18.9. The second kappa shape index (κ2) is 58.0. The number of unbranched alkanes of at least 4 members (excludes halogenated alkanes) is 41. The summed E-state index contributed by atoms with van der Waals surface area (Å²) in [6.07, 6.45) is 61.7. The molecule has 0 aliphatic carbocycles. The second-order valence-corrected chi connectivity index (χ2v) is 24.0. The van der Waals surface area contributed by atoms with Crippen LogP contribution >= 0.6 is 0 Å². The van der Waals surface area contributed by atoms with E-state index in [2.05, 4.69) is 44.3 Å². The zero-order valence-corrected chi connectivity index (χ0v) is 52.7. The highest BCUT2D eigenvalue weighted by Gasteiger charge is 2.47. The van der Waals surface area contributed by atoms with Crippen molar-refractivity contribution in [1.82, 2.24) is 5.32 Å². The molecule has 0 saturated carbocycles. The molecular formula is C70H129NO10. The molecule has 0 aromatic heterocycles. The third kappa shape index (κ3) is 45.6. The number of aliphatic hydroxyl groups is 5. The first-order chi connectivity index (χ1) is 39.7. The lowest BCUT2D eigenvalue weighted by molar-refractivity contribution is -0.305. The number of aliphatic hydroxyl groups excluding tert-OH is 5. The largest absolute Gasteiger partial charge is 0.454 e. The molecule has 1 saturated heterocycles. The van der Waals surface area contributed by atoms with Crippen LogP contribution in [0.5, 0.6) is 0 Å². The summed E-state index contributed by atoms with van der Waals surface area (Å²) in [7, 11) is 0. The molecule has 8 atom stereocenters. The molecule has 1 fully saturated rings. The number of hydrogen-bond donors (Lipinski definition) is 6. The molecule has 81 heavy (non-hydrogen) atoms. The number of allylic oxidation sites excluding steroid dienone is 7. The van der Waals surface area contributed by atoms with Crippen LogP contribution in [-0.2, 0) is 23.8 Å². The highest BCUT2D eigenvalue weighted by atomic mass is 16.7. The minimum Gasteiger partial charge on any atom is -0.454 e. The minimum absolute atomic E-state index is 0.102. The van der Waals surface area contributed by atoms with E-state index in [1.807, 2.05) is 24.3 Å². The standard InChI is InChI=1S/C70H129NO10/c1-4-7-10-13-16-19-22-25-26-27-28-29-30-31-32-33-34-35-36-37-40-42-45-48-51-54-57-63(74)69(78)71-61(62(73)56-53-50-47-44-41-38-23-20-17-14-11-8-5-2)60-79-70-68(67(77)66(76)64(59-72)80-70)81-65(75)58-55-52-49-46-43-39-24-21-18-15-12-9-6-3/h9,12,15,18,21,24,53,56,61-64,66-68,70,72-74,76-77H,4-8,10-11,13-14,16-17,19-20,22-23,25-52,54-55,57-60H2,1-3H3,(H,71,78)/b12-9+,18-15+,24-21-,56-53+. The first-order valence-corrected chi connectivity index (χ1v) is 34.4. The van der Waals surface area contributed by atoms with E-state index in [-0.39, 0.29) is 13.0 Å². The number of amides is 1. The number of hydrogen-bond acceptors (Lipinski definition) is 10. The Hall–Kier alpha value is -2.38. The first kappa shape index (κ1) is 76.6. The lowest BCUT2D eigenvalue weighted by Gasteiger charge is -2.41. The molecule has 0 aromatic rings. The van der Waals surface area contributed by atoms with Crippen LogP contribution in [0.3, 0.4) is 0 Å². The summed E-state index contributed by atoms with van der Waals surface area (Å²) in [6.45, 7) is 5.68. The van der Waals surface area contributed by atoms with Crippen LogP contribution in [0.2, 0.25) is 0 Å². The van der Waals surface area contributed by atoms with Gasteiger partial charge in [0.15, 0.2) is 12.4 Å². The maximum Gasteiger partial charge on any atom is 0.306 e. The number of esters is 1. The summed E-state index contributed by atoms with van der Waals surface area (Å²) in [4.78, 5) is 26.6. The Balaban J connectivity index is 2.56. The lowest BCUT2D eigenvalue weighted by Crippen LogP contribution is -2.61. The number of nitrogens with one attached hydrogen (secondary N) is 1. The van der Waals surface area contributed by atoms with Gasteiger partial charge >= 0.3 is 5.97 Å². The van der Waals surface area contributed by atoms with Crippen LogP contribution in [0.1, 0.15) is 323 Å². The Labute approximate surface area is 497 Å². The Morgan fingerprint density at radius 2 is 0.889 bits per heavy atom. The Bertz CT molecular complexity index is 1500. The number of ether oxygens (including phenoxy) is 3. The summed E-state index contributed by atoms with van der Waals surface area (Å²) in [5.74, 6) is -1.21. The highest BCUT2D eigenvalue weighted by Crippen LogP contribution is 2.26. The van der Waals surface area contributed by atoms with E-state index >= 15 is 0 Å². The van der Waals surface area contributed by atoms with Crippen molar-refractivity contribution in [2.75, 3.05) is 13.2 Å². The monoisotopic (exact) mass is 1140 g/mol. The van der Waals surface area contributed by atoms with Gasteiger partial charge in [-0.3, -0.25) is 9.59 Å². The zero-order valence-electron chi connectivity index (χ0n) is 52.7. The van der Waals surface area contributed by atoms with Gasteiger partial charge < -0.3 is 45.1 Å². The van der Waals surface area contributed by atoms with Gasteiger partial charge in [0.2, 0.25) is 5.91 Å². The molecule has 8 unspecified atom stereocenters. The van der Waals surface area contributed by atoms with Gasteiger partial charge in [0.1, 0.15) is 24.4 Å². The van der Waals surface area contributed by atoms with Crippen molar-refractivity contribution >= 4 is 11.9 Å². The number of carbonyl (C=O) groups is 2. The van der Waals surface area contributed by atoms with Crippen LogP contribution in [-0.4, -0.2) is 99.6 Å². The molecule has 11 nitrogen and oxygen atoms in total. The topological polar surface area (TPSA) is 175 Å². The molecule has 0 bridgehead atoms. The van der Waals surface area contributed by atoms with Gasteiger partial charge in [0.25, 0.3) is 0 Å². The van der Waals surface area contributed by atoms with Crippen LogP contribution in [0.4, 0.5) is 0 Å². The SMILES string of the molecule is CC/C=C/C=C/C=C\CCCCCCCC(=O)OC1C(OCC(NC(=O)C(O)CCCCCCCCCCCCCCCCCCCCCCCCCCCC)C(O)/C=C/CCCCCCCCCCCCC)OC(CO)C(O)C1O. The Morgan fingerprint density at radius 1 is 0.494 bits per heavy atom. The van der Waals surface area contributed by atoms with Gasteiger partial charge in [-0.2, -0.15) is 0 Å². The van der Waals surface area contributed by atoms with Gasteiger partial charge in [-0.1, -0.05) is 320 Å². The van der Waals surface area contributed by atoms with Crippen LogP contribution in [0.25, 0.3) is 0 Å². The van der Waals surface area contributed by atoms with Gasteiger partial charge in [0, 0.05) is 6.42 Å². The van der Waals surface area contributed by atoms with Gasteiger partial charge in [0.05, 0.1) is 25.4 Å². The average molecular weight is 1140 g/mol. The highest BCUT2D eigenvalue weighted by molar-refractivity contribution is 5.80. The maximum atomic E-state index is 13.5. The van der Waals surface area contributed by atoms with Crippen molar-refractivity contribution in [1.29, 1.82) is 0 Å². The van der Waals surface area contributed by atoms with E-state index < -0.39 is 67.4 Å². The summed E-state index contributed by atoms with van der Waals surface area (Å²) in [5, 5.41) is 57.1. The molecule has 0 spiro atoms. The molecule has 6 N–H and O–H groups in total. The molecule has 1 heterocycles. The van der Waals surface area contributed by atoms with Crippen LogP contribution in [0.15, 0.2) is 48.6 Å². The first-order valence-electron chi connectivity index (χ1n) is 34.4. The van der Waals surface area contributed by atoms with E-state index in [0.29, 0.717) is 19.3 Å². The Kier molecular flexibility index (Phi) is 54.9. The predicted molar refractivity (Wildman–Crippen MR) is 338 cm³/mol. The fourth-order valence-electron chi connectivity index (χ4n) is 10.9. The van der Waals surface area contributed by atoms with E-state index in [1.165, 1.54) is 199 Å². The third-order valence-corrected chi connectivity index (χ3v) is 16.3. The molecule has 0 radical (unpaired) electrons. The molecule has 474 valence electrons. The molecule has 1 aliphatic rings. The van der Waals surface area contributed by atoms with E-state index in [4.69, 9.17) is 14.2 Å². The van der Waals surface area contributed by atoms with Crippen molar-refractivity contribution < 1.29 is 49.3 Å². The van der Waals surface area contributed by atoms with Crippen molar-refractivity contribution in [3.63, 3.8) is 0 Å². The molecular weight excluding hydrogens is 1010 g/mol. The van der Waals surface area contributed by atoms with E-state index in [1.54, 1.807) is 6.08 Å². The van der Waals surface area contributed by atoms with E-state index in [9.17, 15) is 35.1 Å². The summed E-state index contributed by atoms with van der Waals surface area (Å²) < 4.78 is 17.6. The smallest absolute Gasteiger partial charge is 0.306 e. The summed E-state index contributed by atoms with van der Waals surface area (Å²) >= 11 is 0. The third-order valence-electron chi connectivity index (χ3n) is 16.3. The van der Waals surface area contributed by atoms with Crippen LogP contribution in [0, 0.1) is 0 Å². The summed E-state index contributed by atoms with van der Waals surface area (Å²) in [5.41, 5.74) is 0. The van der Waals surface area contributed by atoms with Gasteiger partial charge in [-0.15, -0.1) is 0 Å². The number of carbonyl (C=O) groups excluding carboxylic acids is 2. The second-order valence-electron chi connectivity index (χ2n) is 24.0. The fraction of sp³-hybridized carbons (Fsp3) is 0.857. The zero-order chi connectivity index (χ0) is 58.9. The number of rotatable bonds is 59. The fourth-order valence-corrected chi connectivity index (χ4v) is 10.9. The van der Waals surface area contributed by atoms with Crippen molar-refractivity contribution in [3.05, 3.63) is 48.6 Å². The van der Waals surface area contributed by atoms with Gasteiger partial charge in [-0.05, 0) is 44.9 Å².